The average molecular weight is 550 g/mol. The first-order valence-electron chi connectivity index (χ1n) is 13.5. The third-order valence-electron chi connectivity index (χ3n) is 8.10. The summed E-state index contributed by atoms with van der Waals surface area (Å²) in [5.74, 6) is -0.0804. The van der Waals surface area contributed by atoms with E-state index < -0.39 is 11.7 Å². The number of carbonyl (C=O) groups excluding carboxylic acids is 1. The highest BCUT2D eigenvalue weighted by atomic mass is 35.5. The molecular weight excluding hydrogens is 517 g/mol. The number of nitrogens with one attached hydrogen (secondary N) is 1. The smallest absolute Gasteiger partial charge is 0.265 e. The van der Waals surface area contributed by atoms with Crippen LogP contribution in [0.5, 0.6) is 0 Å². The lowest BCUT2D eigenvalue weighted by atomic mass is 10.1. The monoisotopic (exact) mass is 549 g/mol. The lowest BCUT2D eigenvalue weighted by Gasteiger charge is -2.44. The number of rotatable bonds is 5. The van der Waals surface area contributed by atoms with Crippen molar-refractivity contribution in [1.29, 1.82) is 0 Å². The Labute approximate surface area is 233 Å². The van der Waals surface area contributed by atoms with E-state index in [0.29, 0.717) is 29.9 Å². The van der Waals surface area contributed by atoms with E-state index in [1.54, 1.807) is 18.0 Å². The summed E-state index contributed by atoms with van der Waals surface area (Å²) >= 11 is 6.23. The fraction of sp³-hybridized carbons (Fsp3) is 0.414. The molecule has 1 N–H and O–H groups in total. The molecule has 3 aliphatic heterocycles. The van der Waals surface area contributed by atoms with E-state index in [1.165, 1.54) is 47.3 Å². The van der Waals surface area contributed by atoms with Crippen molar-refractivity contribution >= 4 is 46.3 Å². The van der Waals surface area contributed by atoms with Gasteiger partial charge in [-0.05, 0) is 69.5 Å². The Morgan fingerprint density at radius 2 is 1.87 bits per heavy atom. The molecule has 10 heteroatoms. The molecule has 2 aromatic carbocycles. The number of hydrogen-bond donors (Lipinski definition) is 1. The fourth-order valence-corrected chi connectivity index (χ4v) is 6.74. The fourth-order valence-electron chi connectivity index (χ4n) is 6.48. The average Bonchev–Trinajstić information content (AvgIpc) is 3.17. The minimum absolute atomic E-state index is 0.0538. The first-order valence-corrected chi connectivity index (χ1v) is 13.8. The van der Waals surface area contributed by atoms with Crippen LogP contribution in [0.1, 0.15) is 42.6 Å². The van der Waals surface area contributed by atoms with Gasteiger partial charge in [0.2, 0.25) is 5.95 Å². The largest absolute Gasteiger partial charge is 0.368 e. The summed E-state index contributed by atoms with van der Waals surface area (Å²) in [4.78, 5) is 30.6. The third kappa shape index (κ3) is 4.57. The number of amides is 1. The van der Waals surface area contributed by atoms with E-state index in [1.807, 2.05) is 0 Å². The van der Waals surface area contributed by atoms with Crippen molar-refractivity contribution in [3.8, 4) is 0 Å². The van der Waals surface area contributed by atoms with Gasteiger partial charge in [-0.25, -0.2) is 9.37 Å². The number of halogens is 2. The number of benzene rings is 2. The van der Waals surface area contributed by atoms with Gasteiger partial charge in [0.1, 0.15) is 22.9 Å². The second-order valence-electron chi connectivity index (χ2n) is 11.0. The molecule has 6 rings (SSSR count). The van der Waals surface area contributed by atoms with Crippen LogP contribution < -0.4 is 20.0 Å². The zero-order valence-corrected chi connectivity index (χ0v) is 23.4. The van der Waals surface area contributed by atoms with Gasteiger partial charge in [0.15, 0.2) is 0 Å². The molecule has 4 heterocycles. The number of aromatic nitrogens is 2. The third-order valence-corrected chi connectivity index (χ3v) is 8.40. The summed E-state index contributed by atoms with van der Waals surface area (Å²) < 4.78 is 14.5. The topological polar surface area (TPSA) is 67.8 Å². The van der Waals surface area contributed by atoms with E-state index in [-0.39, 0.29) is 22.9 Å². The highest BCUT2D eigenvalue weighted by Crippen LogP contribution is 2.37. The van der Waals surface area contributed by atoms with Gasteiger partial charge < -0.3 is 15.1 Å². The van der Waals surface area contributed by atoms with Crippen LogP contribution in [0.4, 0.5) is 33.2 Å². The van der Waals surface area contributed by atoms with E-state index in [2.05, 4.69) is 64.1 Å². The second-order valence-corrected chi connectivity index (χ2v) is 11.4. The molecule has 0 saturated carbocycles. The van der Waals surface area contributed by atoms with Gasteiger partial charge in [0.25, 0.3) is 5.91 Å². The first-order chi connectivity index (χ1) is 18.7. The molecule has 0 radical (unpaired) electrons. The first kappa shape index (κ1) is 25.8. The molecule has 3 aromatic rings. The Bertz CT molecular complexity index is 1400. The molecule has 3 aliphatic rings. The Balaban J connectivity index is 1.20. The van der Waals surface area contributed by atoms with Crippen LogP contribution in [-0.4, -0.2) is 65.7 Å². The van der Waals surface area contributed by atoms with Crippen molar-refractivity contribution in [3.05, 3.63) is 64.6 Å². The molecule has 2 saturated heterocycles. The van der Waals surface area contributed by atoms with Crippen molar-refractivity contribution in [2.75, 3.05) is 46.8 Å². The van der Waals surface area contributed by atoms with Crippen molar-refractivity contribution in [2.24, 2.45) is 0 Å². The summed E-state index contributed by atoms with van der Waals surface area (Å²) in [6.07, 6.45) is 4.03. The Hall–Kier alpha value is -3.43. The normalized spacial score (nSPS) is 21.1. The number of para-hydroxylation sites is 1. The Morgan fingerprint density at radius 3 is 2.54 bits per heavy atom. The number of fused-ring (bicyclic) bond motifs is 3. The van der Waals surface area contributed by atoms with Crippen LogP contribution in [0.2, 0.25) is 5.02 Å². The number of aryl methyl sites for hydroxylation is 1. The molecule has 2 unspecified atom stereocenters. The van der Waals surface area contributed by atoms with Crippen LogP contribution in [0, 0.1) is 12.7 Å². The molecule has 2 atom stereocenters. The van der Waals surface area contributed by atoms with Crippen LogP contribution in [0.15, 0.2) is 42.6 Å². The number of hydrogen-bond acceptors (Lipinski definition) is 7. The van der Waals surface area contributed by atoms with E-state index in [4.69, 9.17) is 11.6 Å². The van der Waals surface area contributed by atoms with E-state index in [9.17, 15) is 9.18 Å². The molecule has 1 aromatic heterocycles. The highest BCUT2D eigenvalue weighted by Gasteiger charge is 2.41. The predicted octanol–water partition coefficient (Wildman–Crippen LogP) is 5.44. The SMILES string of the molecule is Cc1cc(Nc2ncc3c(n2)N(C)CN(c2c(F)cccc2Cl)C3=O)ccc1N1CC2CCC(C1)N2C(C)C. The Morgan fingerprint density at radius 1 is 1.13 bits per heavy atom. The standard InChI is InChI=1S/C29H33ClFN7O/c1-17(2)38-20-9-10-21(38)15-36(14-20)25-11-8-19(12-18(25)3)33-29-32-13-22-27(34-29)35(4)16-37(28(22)39)26-23(30)6-5-7-24(26)31/h5-8,11-13,17,20-21H,9-10,14-16H2,1-4H3,(H,32,33,34). The maximum Gasteiger partial charge on any atom is 0.265 e. The minimum Gasteiger partial charge on any atom is -0.368 e. The number of carbonyl (C=O) groups is 1. The predicted molar refractivity (Wildman–Crippen MR) is 154 cm³/mol. The summed E-state index contributed by atoms with van der Waals surface area (Å²) in [6.45, 7) is 8.98. The highest BCUT2D eigenvalue weighted by molar-refractivity contribution is 6.34. The van der Waals surface area contributed by atoms with Crippen LogP contribution >= 0.6 is 11.6 Å². The summed E-state index contributed by atoms with van der Waals surface area (Å²) in [6, 6.07) is 12.5. The zero-order chi connectivity index (χ0) is 27.4. The lowest BCUT2D eigenvalue weighted by Crippen LogP contribution is -2.56. The minimum atomic E-state index is -0.555. The van der Waals surface area contributed by atoms with Gasteiger partial charge in [0, 0.05) is 55.8 Å². The summed E-state index contributed by atoms with van der Waals surface area (Å²) in [5.41, 5.74) is 3.68. The van der Waals surface area contributed by atoms with E-state index in [0.717, 1.165) is 18.8 Å². The van der Waals surface area contributed by atoms with Crippen LogP contribution in [-0.2, 0) is 0 Å². The lowest BCUT2D eigenvalue weighted by molar-refractivity contribution is 0.0981. The van der Waals surface area contributed by atoms with Crippen molar-refractivity contribution in [2.45, 2.75) is 51.7 Å². The molecule has 0 spiro atoms. The van der Waals surface area contributed by atoms with Gasteiger partial charge in [-0.1, -0.05) is 17.7 Å². The molecule has 8 nitrogen and oxygen atoms in total. The number of anilines is 5. The zero-order valence-electron chi connectivity index (χ0n) is 22.7. The van der Waals surface area contributed by atoms with Gasteiger partial charge in [-0.2, -0.15) is 4.98 Å². The summed E-state index contributed by atoms with van der Waals surface area (Å²) in [7, 11) is 1.80. The van der Waals surface area contributed by atoms with Gasteiger partial charge in [-0.3, -0.25) is 14.6 Å². The molecule has 1 amide bonds. The van der Waals surface area contributed by atoms with E-state index >= 15 is 0 Å². The maximum absolute atomic E-state index is 14.5. The molecule has 204 valence electrons. The molecule has 39 heavy (non-hydrogen) atoms. The molecule has 0 aliphatic carbocycles. The summed E-state index contributed by atoms with van der Waals surface area (Å²) in [5, 5.41) is 3.47. The number of nitrogens with zero attached hydrogens (tertiary/aromatic N) is 6. The second kappa shape index (κ2) is 9.95. The quantitative estimate of drug-likeness (QED) is 0.455. The molecule has 2 bridgehead atoms. The van der Waals surface area contributed by atoms with Crippen molar-refractivity contribution in [1.82, 2.24) is 14.9 Å². The van der Waals surface area contributed by atoms with Gasteiger partial charge >= 0.3 is 0 Å². The van der Waals surface area contributed by atoms with Gasteiger partial charge in [0.05, 0.1) is 11.7 Å². The van der Waals surface area contributed by atoms with Crippen molar-refractivity contribution in [3.63, 3.8) is 0 Å². The van der Waals surface area contributed by atoms with Crippen LogP contribution in [0.3, 0.4) is 0 Å². The molecular formula is C29H33ClFN7O. The molecule has 2 fully saturated rings. The van der Waals surface area contributed by atoms with Gasteiger partial charge in [-0.15, -0.1) is 0 Å². The Kier molecular flexibility index (Phi) is 6.59. The maximum atomic E-state index is 14.5. The number of piperazine rings is 1. The van der Waals surface area contributed by atoms with Crippen LogP contribution in [0.25, 0.3) is 0 Å². The van der Waals surface area contributed by atoms with Crippen molar-refractivity contribution < 1.29 is 9.18 Å².